The first kappa shape index (κ1) is 31.4. The predicted molar refractivity (Wildman–Crippen MR) is 155 cm³/mol. The molecule has 2 aromatic rings. The second kappa shape index (κ2) is 13.3. The molecule has 0 spiro atoms. The Morgan fingerprint density at radius 2 is 1.62 bits per heavy atom. The van der Waals surface area contributed by atoms with Crippen LogP contribution in [0.5, 0.6) is 5.75 Å². The van der Waals surface area contributed by atoms with Crippen LogP contribution in [0.15, 0.2) is 49.1 Å². The molecule has 0 radical (unpaired) electrons. The zero-order valence-corrected chi connectivity index (χ0v) is 24.4. The Bertz CT molecular complexity index is 1180. The van der Waals surface area contributed by atoms with Crippen molar-refractivity contribution >= 4 is 23.6 Å². The van der Waals surface area contributed by atoms with Crippen molar-refractivity contribution in [3.05, 3.63) is 71.3 Å². The van der Waals surface area contributed by atoms with E-state index in [-0.39, 0.29) is 23.8 Å². The van der Waals surface area contributed by atoms with Gasteiger partial charge < -0.3 is 25.4 Å². The lowest BCUT2D eigenvalue weighted by molar-refractivity contribution is -0.141. The molecule has 0 aromatic heterocycles. The maximum Gasteiger partial charge on any atom is 0.408 e. The Morgan fingerprint density at radius 3 is 2.15 bits per heavy atom. The van der Waals surface area contributed by atoms with Crippen LogP contribution in [0.1, 0.15) is 69.3 Å². The SMILES string of the molecule is C=CCN(C(=O)C(NC(=O)OC(C)(C)C)C(C)CC)C(C(=O)Nc1c(C)cccc1C)c1cccc(C)c1O. The van der Waals surface area contributed by atoms with E-state index in [0.717, 1.165) is 11.1 Å². The number of phenols is 1. The molecule has 212 valence electrons. The number of amides is 3. The molecule has 3 N–H and O–H groups in total. The van der Waals surface area contributed by atoms with Gasteiger partial charge in [0, 0.05) is 17.8 Å². The minimum absolute atomic E-state index is 0.0000113. The molecule has 3 atom stereocenters. The van der Waals surface area contributed by atoms with Crippen molar-refractivity contribution in [1.29, 1.82) is 0 Å². The lowest BCUT2D eigenvalue weighted by Gasteiger charge is -2.36. The molecule has 8 nitrogen and oxygen atoms in total. The molecule has 3 unspecified atom stereocenters. The van der Waals surface area contributed by atoms with E-state index in [1.807, 2.05) is 45.9 Å². The number of anilines is 1. The molecule has 2 aromatic carbocycles. The molecule has 0 heterocycles. The molecule has 2 rings (SSSR count). The van der Waals surface area contributed by atoms with Gasteiger partial charge in [0.1, 0.15) is 23.4 Å². The number of rotatable bonds is 10. The number of phenolic OH excluding ortho intramolecular Hbond substituents is 1. The van der Waals surface area contributed by atoms with Crippen LogP contribution in [0.2, 0.25) is 0 Å². The Hall–Kier alpha value is -3.81. The fraction of sp³-hybridized carbons (Fsp3) is 0.452. The summed E-state index contributed by atoms with van der Waals surface area (Å²) >= 11 is 0. The monoisotopic (exact) mass is 537 g/mol. The zero-order valence-electron chi connectivity index (χ0n) is 24.4. The number of carbonyl (C=O) groups excluding carboxylic acids is 3. The summed E-state index contributed by atoms with van der Waals surface area (Å²) in [6, 6.07) is 8.57. The number of nitrogens with zero attached hydrogens (tertiary/aromatic N) is 1. The number of hydrogen-bond donors (Lipinski definition) is 3. The van der Waals surface area contributed by atoms with E-state index in [4.69, 9.17) is 4.74 Å². The van der Waals surface area contributed by atoms with Crippen LogP contribution >= 0.6 is 0 Å². The summed E-state index contributed by atoms with van der Waals surface area (Å²) in [6.07, 6.45) is 1.38. The van der Waals surface area contributed by atoms with Crippen molar-refractivity contribution in [2.24, 2.45) is 5.92 Å². The van der Waals surface area contributed by atoms with Gasteiger partial charge in [-0.05, 0) is 64.2 Å². The summed E-state index contributed by atoms with van der Waals surface area (Å²) < 4.78 is 5.43. The van der Waals surface area contributed by atoms with Crippen LogP contribution in [0, 0.1) is 26.7 Å². The maximum atomic E-state index is 14.2. The largest absolute Gasteiger partial charge is 0.507 e. The highest BCUT2D eigenvalue weighted by Crippen LogP contribution is 2.34. The molecule has 0 saturated carbocycles. The summed E-state index contributed by atoms with van der Waals surface area (Å²) in [5, 5.41) is 16.7. The lowest BCUT2D eigenvalue weighted by Crippen LogP contribution is -2.54. The third-order valence-electron chi connectivity index (χ3n) is 6.61. The lowest BCUT2D eigenvalue weighted by atomic mass is 9.94. The molecule has 0 aliphatic rings. The Labute approximate surface area is 232 Å². The van der Waals surface area contributed by atoms with E-state index < -0.39 is 35.6 Å². The third-order valence-corrected chi connectivity index (χ3v) is 6.61. The molecule has 0 fully saturated rings. The first-order valence-corrected chi connectivity index (χ1v) is 13.3. The van der Waals surface area contributed by atoms with Crippen molar-refractivity contribution in [3.8, 4) is 5.75 Å². The minimum Gasteiger partial charge on any atom is -0.507 e. The fourth-order valence-electron chi connectivity index (χ4n) is 4.31. The van der Waals surface area contributed by atoms with E-state index in [9.17, 15) is 19.5 Å². The second-order valence-corrected chi connectivity index (χ2v) is 11.0. The molecule has 39 heavy (non-hydrogen) atoms. The molecular weight excluding hydrogens is 494 g/mol. The molecule has 8 heteroatoms. The topological polar surface area (TPSA) is 108 Å². The van der Waals surface area contributed by atoms with Gasteiger partial charge in [0.2, 0.25) is 5.91 Å². The number of aromatic hydroxyl groups is 1. The molecule has 0 aliphatic carbocycles. The van der Waals surface area contributed by atoms with Crippen molar-refractivity contribution in [3.63, 3.8) is 0 Å². The van der Waals surface area contributed by atoms with Gasteiger partial charge in [0.05, 0.1) is 0 Å². The van der Waals surface area contributed by atoms with Crippen molar-refractivity contribution in [2.45, 2.75) is 79.5 Å². The molecule has 3 amide bonds. The van der Waals surface area contributed by atoms with Crippen LogP contribution in [-0.2, 0) is 14.3 Å². The number of nitrogens with one attached hydrogen (secondary N) is 2. The van der Waals surface area contributed by atoms with Crippen LogP contribution in [-0.4, -0.2) is 46.1 Å². The van der Waals surface area contributed by atoms with Gasteiger partial charge in [-0.15, -0.1) is 6.58 Å². The van der Waals surface area contributed by atoms with Crippen LogP contribution in [0.3, 0.4) is 0 Å². The molecule has 0 aliphatic heterocycles. The van der Waals surface area contributed by atoms with Gasteiger partial charge >= 0.3 is 6.09 Å². The first-order chi connectivity index (χ1) is 18.2. The first-order valence-electron chi connectivity index (χ1n) is 13.3. The van der Waals surface area contributed by atoms with Gasteiger partial charge in [-0.1, -0.05) is 62.7 Å². The summed E-state index contributed by atoms with van der Waals surface area (Å²) in [5.74, 6) is -1.34. The van der Waals surface area contributed by atoms with Gasteiger partial charge in [0.25, 0.3) is 5.91 Å². The van der Waals surface area contributed by atoms with Crippen molar-refractivity contribution in [1.82, 2.24) is 10.2 Å². The maximum absolute atomic E-state index is 14.2. The number of para-hydroxylation sites is 2. The third kappa shape index (κ3) is 8.09. The standard InChI is InChI=1S/C31H43N3O5/c1-10-18-34(29(37)25(19(3)11-2)33-30(38)39-31(7,8)9)26(23-17-13-16-22(6)27(23)35)28(36)32-24-20(4)14-12-15-21(24)5/h10,12-17,19,25-26,35H,1,11,18H2,2-9H3,(H,32,36)(H,33,38). The van der Waals surface area contributed by atoms with Gasteiger partial charge in [-0.2, -0.15) is 0 Å². The van der Waals surface area contributed by atoms with E-state index in [1.165, 1.54) is 11.0 Å². The highest BCUT2D eigenvalue weighted by molar-refractivity contribution is 6.00. The van der Waals surface area contributed by atoms with E-state index in [2.05, 4.69) is 17.2 Å². The van der Waals surface area contributed by atoms with Crippen LogP contribution < -0.4 is 10.6 Å². The smallest absolute Gasteiger partial charge is 0.408 e. The Morgan fingerprint density at radius 1 is 1.05 bits per heavy atom. The average molecular weight is 538 g/mol. The Balaban J connectivity index is 2.63. The number of carbonyl (C=O) groups is 3. The number of benzene rings is 2. The summed E-state index contributed by atoms with van der Waals surface area (Å²) in [4.78, 5) is 42.3. The summed E-state index contributed by atoms with van der Waals surface area (Å²) in [6.45, 7) is 18.3. The van der Waals surface area contributed by atoms with E-state index >= 15 is 0 Å². The number of aryl methyl sites for hydroxylation is 3. The van der Waals surface area contributed by atoms with E-state index in [0.29, 0.717) is 17.7 Å². The zero-order chi connectivity index (χ0) is 29.5. The van der Waals surface area contributed by atoms with Gasteiger partial charge in [-0.3, -0.25) is 9.59 Å². The average Bonchev–Trinajstić information content (AvgIpc) is 2.85. The van der Waals surface area contributed by atoms with Crippen molar-refractivity contribution < 1.29 is 24.2 Å². The van der Waals surface area contributed by atoms with E-state index in [1.54, 1.807) is 45.9 Å². The predicted octanol–water partition coefficient (Wildman–Crippen LogP) is 5.95. The Kier molecular flexibility index (Phi) is 10.7. The van der Waals surface area contributed by atoms with Crippen molar-refractivity contribution in [2.75, 3.05) is 11.9 Å². The summed E-state index contributed by atoms with van der Waals surface area (Å²) in [7, 11) is 0. The highest BCUT2D eigenvalue weighted by Gasteiger charge is 2.39. The number of hydrogen-bond acceptors (Lipinski definition) is 5. The second-order valence-electron chi connectivity index (χ2n) is 11.0. The van der Waals surface area contributed by atoms with Gasteiger partial charge in [0.15, 0.2) is 0 Å². The normalized spacial score (nSPS) is 13.5. The highest BCUT2D eigenvalue weighted by atomic mass is 16.6. The van der Waals surface area contributed by atoms with Crippen LogP contribution in [0.25, 0.3) is 0 Å². The molecule has 0 saturated heterocycles. The molecule has 0 bridgehead atoms. The molecular formula is C31H43N3O5. The van der Waals surface area contributed by atoms with Gasteiger partial charge in [-0.25, -0.2) is 4.79 Å². The summed E-state index contributed by atoms with van der Waals surface area (Å²) in [5.41, 5.74) is 2.44. The van der Waals surface area contributed by atoms with Crippen LogP contribution in [0.4, 0.5) is 10.5 Å². The fourth-order valence-corrected chi connectivity index (χ4v) is 4.31. The minimum atomic E-state index is -1.21. The number of alkyl carbamates (subject to hydrolysis) is 1. The quantitative estimate of drug-likeness (QED) is 0.325. The number of ether oxygens (including phenoxy) is 1.